The third-order valence-corrected chi connectivity index (χ3v) is 2.97. The molecule has 0 aromatic carbocycles. The maximum Gasteiger partial charge on any atom is 0.0440 e. The zero-order valence-electron chi connectivity index (χ0n) is 9.21. The minimum Gasteiger partial charge on any atom is -0.261 e. The van der Waals surface area contributed by atoms with Gasteiger partial charge in [0.25, 0.3) is 0 Å². The van der Waals surface area contributed by atoms with Gasteiger partial charge in [-0.25, -0.2) is 0 Å². The van der Waals surface area contributed by atoms with E-state index in [1.54, 1.807) is 11.1 Å². The molecule has 1 nitrogen and oxygen atoms in total. The maximum absolute atomic E-state index is 4.53. The Kier molecular flexibility index (Phi) is 2.85. The molecule has 0 aliphatic heterocycles. The first-order chi connectivity index (χ1) is 6.77. The van der Waals surface area contributed by atoms with E-state index < -0.39 is 0 Å². The molecule has 0 saturated heterocycles. The van der Waals surface area contributed by atoms with Crippen molar-refractivity contribution in [2.75, 3.05) is 0 Å². The smallest absolute Gasteiger partial charge is 0.0440 e. The van der Waals surface area contributed by atoms with Crippen molar-refractivity contribution < 1.29 is 0 Å². The van der Waals surface area contributed by atoms with Crippen LogP contribution in [0.15, 0.2) is 12.3 Å². The van der Waals surface area contributed by atoms with Gasteiger partial charge in [0.15, 0.2) is 0 Å². The lowest BCUT2D eigenvalue weighted by Crippen LogP contribution is -2.09. The second kappa shape index (κ2) is 4.12. The molecule has 76 valence electrons. The van der Waals surface area contributed by atoms with E-state index in [0.717, 1.165) is 12.3 Å². The van der Waals surface area contributed by atoms with E-state index in [4.69, 9.17) is 0 Å². The largest absolute Gasteiger partial charge is 0.261 e. The number of fused-ring (bicyclic) bond motifs is 1. The number of hydrogen-bond donors (Lipinski definition) is 0. The SMILES string of the molecule is CC(C)Cc1nccc2c1CCCC2. The van der Waals surface area contributed by atoms with Gasteiger partial charge in [-0.05, 0) is 55.2 Å². The molecule has 1 heterocycles. The lowest BCUT2D eigenvalue weighted by atomic mass is 9.89. The molecule has 1 aliphatic rings. The number of nitrogens with zero attached hydrogens (tertiary/aromatic N) is 1. The Morgan fingerprint density at radius 3 is 2.86 bits per heavy atom. The van der Waals surface area contributed by atoms with Gasteiger partial charge in [0.2, 0.25) is 0 Å². The standard InChI is InChI=1S/C13H19N/c1-10(2)9-13-12-6-4-3-5-11(12)7-8-14-13/h7-8,10H,3-6,9H2,1-2H3. The van der Waals surface area contributed by atoms with Gasteiger partial charge in [-0.15, -0.1) is 0 Å². The lowest BCUT2D eigenvalue weighted by molar-refractivity contribution is 0.611. The molecule has 0 bridgehead atoms. The minimum atomic E-state index is 0.718. The third-order valence-electron chi connectivity index (χ3n) is 2.97. The molecule has 0 radical (unpaired) electrons. The normalized spacial score (nSPS) is 15.6. The van der Waals surface area contributed by atoms with Crippen LogP contribution in [0, 0.1) is 5.92 Å². The molecule has 0 amide bonds. The average molecular weight is 189 g/mol. The highest BCUT2D eigenvalue weighted by atomic mass is 14.7. The van der Waals surface area contributed by atoms with Crippen LogP contribution >= 0.6 is 0 Å². The Morgan fingerprint density at radius 1 is 1.29 bits per heavy atom. The number of hydrogen-bond acceptors (Lipinski definition) is 1. The topological polar surface area (TPSA) is 12.9 Å². The van der Waals surface area contributed by atoms with Gasteiger partial charge in [-0.3, -0.25) is 4.98 Å². The molecule has 0 spiro atoms. The molecular formula is C13H19N. The first-order valence-electron chi connectivity index (χ1n) is 5.73. The number of rotatable bonds is 2. The summed E-state index contributed by atoms with van der Waals surface area (Å²) in [5.74, 6) is 0.718. The van der Waals surface area contributed by atoms with Crippen molar-refractivity contribution >= 4 is 0 Å². The zero-order chi connectivity index (χ0) is 9.97. The summed E-state index contributed by atoms with van der Waals surface area (Å²) in [6, 6.07) is 2.21. The second-order valence-corrected chi connectivity index (χ2v) is 4.70. The monoisotopic (exact) mass is 189 g/mol. The van der Waals surface area contributed by atoms with Gasteiger partial charge in [-0.1, -0.05) is 13.8 Å². The molecule has 1 heteroatoms. The molecule has 1 aliphatic carbocycles. The highest BCUT2D eigenvalue weighted by molar-refractivity contribution is 5.32. The van der Waals surface area contributed by atoms with E-state index in [-0.39, 0.29) is 0 Å². The summed E-state index contributed by atoms with van der Waals surface area (Å²) in [5.41, 5.74) is 4.48. The van der Waals surface area contributed by atoms with Gasteiger partial charge < -0.3 is 0 Å². The van der Waals surface area contributed by atoms with Gasteiger partial charge in [-0.2, -0.15) is 0 Å². The average Bonchev–Trinajstić information content (AvgIpc) is 2.18. The summed E-state index contributed by atoms with van der Waals surface area (Å²) in [6.07, 6.45) is 8.36. The highest BCUT2D eigenvalue weighted by Gasteiger charge is 2.14. The summed E-state index contributed by atoms with van der Waals surface area (Å²) in [4.78, 5) is 4.53. The molecule has 14 heavy (non-hydrogen) atoms. The molecule has 0 N–H and O–H groups in total. The third kappa shape index (κ3) is 1.97. The Labute approximate surface area is 86.6 Å². The van der Waals surface area contributed by atoms with Crippen molar-refractivity contribution in [3.63, 3.8) is 0 Å². The molecule has 0 fully saturated rings. The van der Waals surface area contributed by atoms with Crippen molar-refractivity contribution in [1.29, 1.82) is 0 Å². The quantitative estimate of drug-likeness (QED) is 0.696. The fraction of sp³-hybridized carbons (Fsp3) is 0.615. The first kappa shape index (κ1) is 9.70. The van der Waals surface area contributed by atoms with E-state index >= 15 is 0 Å². The second-order valence-electron chi connectivity index (χ2n) is 4.70. The molecule has 2 rings (SSSR count). The molecular weight excluding hydrogens is 170 g/mol. The van der Waals surface area contributed by atoms with Crippen molar-refractivity contribution in [2.24, 2.45) is 5.92 Å². The van der Waals surface area contributed by atoms with Crippen molar-refractivity contribution in [3.05, 3.63) is 29.1 Å². The van der Waals surface area contributed by atoms with Crippen LogP contribution in [0.5, 0.6) is 0 Å². The summed E-state index contributed by atoms with van der Waals surface area (Å²) >= 11 is 0. The minimum absolute atomic E-state index is 0.718. The Balaban J connectivity index is 2.30. The predicted molar refractivity (Wildman–Crippen MR) is 59.4 cm³/mol. The van der Waals surface area contributed by atoms with Crippen LogP contribution in [0.1, 0.15) is 43.5 Å². The fourth-order valence-electron chi connectivity index (χ4n) is 2.30. The van der Waals surface area contributed by atoms with Gasteiger partial charge in [0.05, 0.1) is 0 Å². The van der Waals surface area contributed by atoms with Crippen molar-refractivity contribution in [1.82, 2.24) is 4.98 Å². The van der Waals surface area contributed by atoms with E-state index in [0.29, 0.717) is 0 Å². The first-order valence-corrected chi connectivity index (χ1v) is 5.73. The molecule has 0 saturated carbocycles. The van der Waals surface area contributed by atoms with Gasteiger partial charge in [0.1, 0.15) is 0 Å². The molecule has 1 aromatic heterocycles. The summed E-state index contributed by atoms with van der Waals surface area (Å²) in [7, 11) is 0. The molecule has 0 atom stereocenters. The number of aromatic nitrogens is 1. The lowest BCUT2D eigenvalue weighted by Gasteiger charge is -2.19. The van der Waals surface area contributed by atoms with Gasteiger partial charge >= 0.3 is 0 Å². The van der Waals surface area contributed by atoms with E-state index in [1.807, 2.05) is 6.20 Å². The summed E-state index contributed by atoms with van der Waals surface area (Å²) in [6.45, 7) is 4.54. The summed E-state index contributed by atoms with van der Waals surface area (Å²) in [5, 5.41) is 0. The number of aryl methyl sites for hydroxylation is 1. The molecule has 1 aromatic rings. The fourth-order valence-corrected chi connectivity index (χ4v) is 2.30. The van der Waals surface area contributed by atoms with Crippen LogP contribution in [0.25, 0.3) is 0 Å². The van der Waals surface area contributed by atoms with E-state index in [9.17, 15) is 0 Å². The van der Waals surface area contributed by atoms with Crippen LogP contribution in [0.2, 0.25) is 0 Å². The maximum atomic E-state index is 4.53. The van der Waals surface area contributed by atoms with E-state index in [1.165, 1.54) is 31.4 Å². The van der Waals surface area contributed by atoms with Crippen LogP contribution in [-0.4, -0.2) is 4.98 Å². The molecule has 0 unspecified atom stereocenters. The highest BCUT2D eigenvalue weighted by Crippen LogP contribution is 2.24. The van der Waals surface area contributed by atoms with Crippen LogP contribution in [0.4, 0.5) is 0 Å². The van der Waals surface area contributed by atoms with Crippen LogP contribution in [-0.2, 0) is 19.3 Å². The Bertz CT molecular complexity index is 315. The Morgan fingerprint density at radius 2 is 2.07 bits per heavy atom. The van der Waals surface area contributed by atoms with E-state index in [2.05, 4.69) is 24.9 Å². The van der Waals surface area contributed by atoms with Crippen LogP contribution < -0.4 is 0 Å². The Hall–Kier alpha value is -0.850. The number of pyridine rings is 1. The van der Waals surface area contributed by atoms with Crippen LogP contribution in [0.3, 0.4) is 0 Å². The predicted octanol–water partition coefficient (Wildman–Crippen LogP) is 3.16. The van der Waals surface area contributed by atoms with Crippen molar-refractivity contribution in [3.8, 4) is 0 Å². The van der Waals surface area contributed by atoms with Crippen molar-refractivity contribution in [2.45, 2.75) is 46.0 Å². The van der Waals surface area contributed by atoms with Gasteiger partial charge in [0, 0.05) is 11.9 Å². The zero-order valence-corrected chi connectivity index (χ0v) is 9.21. The summed E-state index contributed by atoms with van der Waals surface area (Å²) < 4.78 is 0.